The first-order valence-corrected chi connectivity index (χ1v) is 4.03. The van der Waals surface area contributed by atoms with E-state index in [1.54, 1.807) is 0 Å². The number of hydrogen-bond acceptors (Lipinski definition) is 4. The fourth-order valence-electron chi connectivity index (χ4n) is 0.840. The van der Waals surface area contributed by atoms with E-state index in [-0.39, 0.29) is 23.1 Å². The van der Waals surface area contributed by atoms with Crippen LogP contribution in [0.5, 0.6) is 5.75 Å². The van der Waals surface area contributed by atoms with Crippen molar-refractivity contribution in [3.63, 3.8) is 0 Å². The van der Waals surface area contributed by atoms with Crippen molar-refractivity contribution in [2.24, 2.45) is 0 Å². The molecule has 0 saturated heterocycles. The van der Waals surface area contributed by atoms with E-state index >= 15 is 0 Å². The molecular weight excluding hydrogens is 210 g/mol. The zero-order valence-electron chi connectivity index (χ0n) is 6.97. The summed E-state index contributed by atoms with van der Waals surface area (Å²) in [5.41, 5.74) is -0.129. The van der Waals surface area contributed by atoms with Gasteiger partial charge < -0.3 is 4.74 Å². The molecule has 0 aliphatic carbocycles. The molecule has 74 valence electrons. The molecule has 0 heterocycles. The van der Waals surface area contributed by atoms with Gasteiger partial charge in [-0.25, -0.2) is 0 Å². The number of carbonyl (C=O) groups is 1. The average molecular weight is 216 g/mol. The molecule has 0 bridgehead atoms. The molecule has 0 spiro atoms. The Kier molecular flexibility index (Phi) is 3.41. The number of nitrogens with zero attached hydrogens (tertiary/aromatic N) is 1. The zero-order chi connectivity index (χ0) is 10.6. The SMILES string of the molecule is O=CCOc1cc([N+](=O)[O-])ccc1Cl. The van der Waals surface area contributed by atoms with Gasteiger partial charge in [0.05, 0.1) is 16.0 Å². The van der Waals surface area contributed by atoms with Gasteiger partial charge in [-0.3, -0.25) is 14.9 Å². The van der Waals surface area contributed by atoms with E-state index in [2.05, 4.69) is 0 Å². The molecule has 6 heteroatoms. The number of rotatable bonds is 4. The number of halogens is 1. The summed E-state index contributed by atoms with van der Waals surface area (Å²) in [6.07, 6.45) is 0.537. The minimum atomic E-state index is -0.565. The summed E-state index contributed by atoms with van der Waals surface area (Å²) in [6, 6.07) is 3.78. The van der Waals surface area contributed by atoms with Crippen LogP contribution in [-0.4, -0.2) is 17.8 Å². The van der Waals surface area contributed by atoms with Gasteiger partial charge in [-0.1, -0.05) is 11.6 Å². The predicted molar refractivity (Wildman–Crippen MR) is 49.7 cm³/mol. The van der Waals surface area contributed by atoms with Crippen LogP contribution in [0.25, 0.3) is 0 Å². The van der Waals surface area contributed by atoms with E-state index in [9.17, 15) is 14.9 Å². The Balaban J connectivity index is 2.95. The number of ether oxygens (including phenoxy) is 1. The third-order valence-electron chi connectivity index (χ3n) is 1.43. The van der Waals surface area contributed by atoms with Crippen molar-refractivity contribution >= 4 is 23.6 Å². The van der Waals surface area contributed by atoms with Crippen LogP contribution in [0.4, 0.5) is 5.69 Å². The molecule has 0 atom stereocenters. The van der Waals surface area contributed by atoms with Crippen LogP contribution in [0.2, 0.25) is 5.02 Å². The van der Waals surface area contributed by atoms with Gasteiger partial charge >= 0.3 is 0 Å². The predicted octanol–water partition coefficient (Wildman–Crippen LogP) is 1.83. The number of benzene rings is 1. The Labute approximate surface area is 84.4 Å². The minimum absolute atomic E-state index is 0.129. The summed E-state index contributed by atoms with van der Waals surface area (Å²) in [5.74, 6) is 0.132. The molecule has 0 unspecified atom stereocenters. The van der Waals surface area contributed by atoms with Crippen LogP contribution >= 0.6 is 11.6 Å². The second-order valence-electron chi connectivity index (χ2n) is 2.35. The van der Waals surface area contributed by atoms with Gasteiger partial charge in [-0.2, -0.15) is 0 Å². The topological polar surface area (TPSA) is 69.4 Å². The lowest BCUT2D eigenvalue weighted by atomic mass is 10.3. The highest BCUT2D eigenvalue weighted by molar-refractivity contribution is 6.32. The maximum Gasteiger partial charge on any atom is 0.273 e. The molecule has 0 saturated carbocycles. The van der Waals surface area contributed by atoms with Crippen LogP contribution in [0.1, 0.15) is 0 Å². The molecule has 14 heavy (non-hydrogen) atoms. The molecule has 0 fully saturated rings. The Hall–Kier alpha value is -1.62. The second-order valence-corrected chi connectivity index (χ2v) is 2.76. The molecule has 0 N–H and O–H groups in total. The standard InChI is InChI=1S/C8H6ClNO4/c9-7-2-1-6(10(12)13)5-8(7)14-4-3-11/h1-3,5H,4H2. The Morgan fingerprint density at radius 2 is 2.29 bits per heavy atom. The van der Waals surface area contributed by atoms with Crippen LogP contribution in [-0.2, 0) is 4.79 Å². The molecule has 1 rings (SSSR count). The van der Waals surface area contributed by atoms with E-state index in [0.29, 0.717) is 6.29 Å². The van der Waals surface area contributed by atoms with E-state index in [1.165, 1.54) is 18.2 Å². The monoisotopic (exact) mass is 215 g/mol. The molecule has 0 aliphatic heterocycles. The highest BCUT2D eigenvalue weighted by atomic mass is 35.5. The smallest absolute Gasteiger partial charge is 0.273 e. The summed E-state index contributed by atoms with van der Waals surface area (Å²) in [5, 5.41) is 10.6. The van der Waals surface area contributed by atoms with Crippen molar-refractivity contribution in [2.75, 3.05) is 6.61 Å². The molecule has 0 radical (unpaired) electrons. The minimum Gasteiger partial charge on any atom is -0.484 e. The van der Waals surface area contributed by atoms with Crippen LogP contribution in [0, 0.1) is 10.1 Å². The molecule has 0 aliphatic rings. The maximum absolute atomic E-state index is 10.4. The summed E-state index contributed by atoms with van der Waals surface area (Å²) in [6.45, 7) is -0.180. The van der Waals surface area contributed by atoms with Crippen LogP contribution in [0.15, 0.2) is 18.2 Å². The maximum atomic E-state index is 10.4. The van der Waals surface area contributed by atoms with Crippen molar-refractivity contribution in [3.8, 4) is 5.75 Å². The number of nitro groups is 1. The first-order valence-electron chi connectivity index (χ1n) is 3.65. The molecule has 1 aromatic rings. The van der Waals surface area contributed by atoms with E-state index in [4.69, 9.17) is 16.3 Å². The van der Waals surface area contributed by atoms with Gasteiger partial charge in [-0.15, -0.1) is 0 Å². The van der Waals surface area contributed by atoms with Gasteiger partial charge in [0, 0.05) is 6.07 Å². The lowest BCUT2D eigenvalue weighted by Gasteiger charge is -2.03. The fourth-order valence-corrected chi connectivity index (χ4v) is 1.01. The van der Waals surface area contributed by atoms with Crippen molar-refractivity contribution in [1.29, 1.82) is 0 Å². The number of carbonyl (C=O) groups excluding carboxylic acids is 1. The van der Waals surface area contributed by atoms with E-state index in [0.717, 1.165) is 0 Å². The Morgan fingerprint density at radius 3 is 2.86 bits per heavy atom. The highest BCUT2D eigenvalue weighted by Crippen LogP contribution is 2.28. The van der Waals surface area contributed by atoms with Gasteiger partial charge in [0.2, 0.25) is 0 Å². The Bertz CT molecular complexity index is 366. The quantitative estimate of drug-likeness (QED) is 0.436. The van der Waals surface area contributed by atoms with Crippen molar-refractivity contribution in [2.45, 2.75) is 0 Å². The van der Waals surface area contributed by atoms with Gasteiger partial charge in [0.1, 0.15) is 12.4 Å². The molecule has 0 aromatic heterocycles. The third-order valence-corrected chi connectivity index (χ3v) is 1.74. The second kappa shape index (κ2) is 4.57. The molecule has 1 aromatic carbocycles. The van der Waals surface area contributed by atoms with Crippen LogP contribution in [0.3, 0.4) is 0 Å². The average Bonchev–Trinajstić information content (AvgIpc) is 2.16. The van der Waals surface area contributed by atoms with Gasteiger partial charge in [0.15, 0.2) is 6.29 Å². The summed E-state index contributed by atoms with van der Waals surface area (Å²) < 4.78 is 4.87. The molecule has 0 amide bonds. The molecule has 5 nitrogen and oxygen atoms in total. The largest absolute Gasteiger partial charge is 0.484 e. The number of aldehydes is 1. The first kappa shape index (κ1) is 10.5. The first-order chi connectivity index (χ1) is 6.65. The summed E-state index contributed by atoms with van der Waals surface area (Å²) in [7, 11) is 0. The third kappa shape index (κ3) is 2.43. The van der Waals surface area contributed by atoms with Crippen molar-refractivity contribution in [3.05, 3.63) is 33.3 Å². The van der Waals surface area contributed by atoms with Gasteiger partial charge in [0.25, 0.3) is 5.69 Å². The lowest BCUT2D eigenvalue weighted by molar-refractivity contribution is -0.384. The van der Waals surface area contributed by atoms with Crippen LogP contribution < -0.4 is 4.74 Å². The normalized spacial score (nSPS) is 9.50. The van der Waals surface area contributed by atoms with Crippen molar-refractivity contribution < 1.29 is 14.5 Å². The van der Waals surface area contributed by atoms with Crippen molar-refractivity contribution in [1.82, 2.24) is 0 Å². The number of non-ortho nitro benzene ring substituents is 1. The van der Waals surface area contributed by atoms with E-state index in [1.807, 2.05) is 0 Å². The zero-order valence-corrected chi connectivity index (χ0v) is 7.73. The highest BCUT2D eigenvalue weighted by Gasteiger charge is 2.10. The molecular formula is C8H6ClNO4. The summed E-state index contributed by atoms with van der Waals surface area (Å²) in [4.78, 5) is 19.8. The Morgan fingerprint density at radius 1 is 1.57 bits per heavy atom. The lowest BCUT2D eigenvalue weighted by Crippen LogP contribution is -1.99. The number of hydrogen-bond donors (Lipinski definition) is 0. The summed E-state index contributed by atoms with van der Waals surface area (Å²) >= 11 is 5.67. The number of nitro benzene ring substituents is 1. The van der Waals surface area contributed by atoms with E-state index < -0.39 is 4.92 Å². The van der Waals surface area contributed by atoms with Gasteiger partial charge in [-0.05, 0) is 6.07 Å². The fraction of sp³-hybridized carbons (Fsp3) is 0.125.